The first-order chi connectivity index (χ1) is 12.3. The third kappa shape index (κ3) is 5.02. The molecule has 4 nitrogen and oxygen atoms in total. The predicted molar refractivity (Wildman–Crippen MR) is 110 cm³/mol. The minimum Gasteiger partial charge on any atom is -0.332 e. The molecule has 146 valence electrons. The number of halogens is 3. The molecule has 0 saturated carbocycles. The van der Waals surface area contributed by atoms with Crippen molar-refractivity contribution >= 4 is 44.7 Å². The fourth-order valence-corrected chi connectivity index (χ4v) is 4.30. The van der Waals surface area contributed by atoms with E-state index in [0.717, 1.165) is 17.5 Å². The summed E-state index contributed by atoms with van der Waals surface area (Å²) in [5.41, 5.74) is 1.64. The van der Waals surface area contributed by atoms with E-state index in [1.807, 2.05) is 19.0 Å². The minimum absolute atomic E-state index is 0. The average molecular weight is 431 g/mol. The first-order valence-electron chi connectivity index (χ1n) is 8.16. The Labute approximate surface area is 169 Å². The van der Waals surface area contributed by atoms with Crippen LogP contribution in [-0.4, -0.2) is 38.5 Å². The summed E-state index contributed by atoms with van der Waals surface area (Å²) in [5, 5.41) is 1.23. The van der Waals surface area contributed by atoms with Crippen molar-refractivity contribution < 1.29 is 12.8 Å². The Morgan fingerprint density at radius 2 is 1.78 bits per heavy atom. The van der Waals surface area contributed by atoms with Gasteiger partial charge in [-0.15, -0.1) is 12.4 Å². The molecule has 0 unspecified atom stereocenters. The number of aromatic nitrogens is 1. The zero-order valence-corrected chi connectivity index (χ0v) is 17.4. The van der Waals surface area contributed by atoms with Gasteiger partial charge in [0.2, 0.25) is 0 Å². The van der Waals surface area contributed by atoms with Crippen molar-refractivity contribution in [1.82, 2.24) is 9.47 Å². The molecule has 0 aliphatic heterocycles. The second-order valence-electron chi connectivity index (χ2n) is 6.54. The average Bonchev–Trinajstić information content (AvgIpc) is 2.89. The fourth-order valence-electron chi connectivity index (χ4n) is 2.89. The molecule has 0 aliphatic carbocycles. The van der Waals surface area contributed by atoms with Gasteiger partial charge in [-0.1, -0.05) is 11.6 Å². The highest BCUT2D eigenvalue weighted by Gasteiger charge is 2.18. The first kappa shape index (κ1) is 21.7. The van der Waals surface area contributed by atoms with Crippen LogP contribution in [-0.2, 0) is 22.1 Å². The highest BCUT2D eigenvalue weighted by atomic mass is 35.5. The topological polar surface area (TPSA) is 42.3 Å². The molecule has 3 aromatic rings. The van der Waals surface area contributed by atoms with Gasteiger partial charge in [-0.25, -0.2) is 12.8 Å². The van der Waals surface area contributed by atoms with Crippen molar-refractivity contribution in [2.24, 2.45) is 0 Å². The molecule has 0 spiro atoms. The number of hydrogen-bond donors (Lipinski definition) is 0. The van der Waals surface area contributed by atoms with Crippen molar-refractivity contribution in [3.05, 3.63) is 65.1 Å². The molecular weight excluding hydrogens is 410 g/mol. The maximum absolute atomic E-state index is 13.7. The van der Waals surface area contributed by atoms with Crippen LogP contribution >= 0.6 is 24.0 Å². The molecule has 0 amide bonds. The van der Waals surface area contributed by atoms with Gasteiger partial charge in [0.25, 0.3) is 0 Å². The first-order valence-corrected chi connectivity index (χ1v) is 10.2. The zero-order chi connectivity index (χ0) is 18.9. The van der Waals surface area contributed by atoms with Crippen LogP contribution in [0.25, 0.3) is 10.9 Å². The number of benzene rings is 2. The van der Waals surface area contributed by atoms with Gasteiger partial charge in [-0.2, -0.15) is 0 Å². The fraction of sp³-hybridized carbons (Fsp3) is 0.263. The van der Waals surface area contributed by atoms with Crippen molar-refractivity contribution in [3.8, 4) is 0 Å². The summed E-state index contributed by atoms with van der Waals surface area (Å²) in [5.74, 6) is -0.541. The summed E-state index contributed by atoms with van der Waals surface area (Å²) in [6, 6.07) is 10.5. The molecule has 0 saturated heterocycles. The van der Waals surface area contributed by atoms with Crippen LogP contribution < -0.4 is 0 Å². The molecule has 0 radical (unpaired) electrons. The van der Waals surface area contributed by atoms with E-state index in [1.54, 1.807) is 29.0 Å². The number of hydrogen-bond acceptors (Lipinski definition) is 3. The van der Waals surface area contributed by atoms with Gasteiger partial charge < -0.3 is 9.47 Å². The maximum atomic E-state index is 13.7. The van der Waals surface area contributed by atoms with Crippen LogP contribution in [0.3, 0.4) is 0 Å². The van der Waals surface area contributed by atoms with Crippen molar-refractivity contribution in [1.29, 1.82) is 0 Å². The summed E-state index contributed by atoms with van der Waals surface area (Å²) in [6.45, 7) is 0.791. The maximum Gasteiger partial charge on any atom is 0.196 e. The number of rotatable bonds is 6. The molecular formula is C19H21Cl2FN2O2S. The van der Waals surface area contributed by atoms with Crippen molar-refractivity contribution in [2.45, 2.75) is 17.2 Å². The van der Waals surface area contributed by atoms with Crippen LogP contribution in [0.2, 0.25) is 5.02 Å². The van der Waals surface area contributed by atoms with Crippen LogP contribution in [0.1, 0.15) is 5.56 Å². The van der Waals surface area contributed by atoms with E-state index in [4.69, 9.17) is 11.6 Å². The normalized spacial score (nSPS) is 11.7. The molecule has 27 heavy (non-hydrogen) atoms. The second-order valence-corrected chi connectivity index (χ2v) is 8.93. The molecule has 1 heterocycles. The Morgan fingerprint density at radius 1 is 1.11 bits per heavy atom. The highest BCUT2D eigenvalue weighted by Crippen LogP contribution is 2.25. The lowest BCUT2D eigenvalue weighted by molar-refractivity contribution is 0.414. The highest BCUT2D eigenvalue weighted by molar-refractivity contribution is 7.90. The van der Waals surface area contributed by atoms with Gasteiger partial charge in [0.15, 0.2) is 9.84 Å². The molecule has 0 N–H and O–H groups in total. The van der Waals surface area contributed by atoms with E-state index in [9.17, 15) is 12.8 Å². The SMILES string of the molecule is CN(C)CCc1cn(CS(=O)(=O)c2ccc(Cl)cc2)c2ccc(F)cc12.Cl. The summed E-state index contributed by atoms with van der Waals surface area (Å²) in [4.78, 5) is 2.24. The van der Waals surface area contributed by atoms with E-state index in [-0.39, 0.29) is 29.0 Å². The number of sulfone groups is 1. The quantitative estimate of drug-likeness (QED) is 0.582. The standard InChI is InChI=1S/C19H20ClFN2O2S.ClH/c1-22(2)10-9-14-12-23(19-8-5-16(21)11-18(14)19)13-26(24,25)17-6-3-15(20)4-7-17;/h3-8,11-12H,9-10,13H2,1-2H3;1H. The molecule has 0 aliphatic rings. The smallest absolute Gasteiger partial charge is 0.196 e. The largest absolute Gasteiger partial charge is 0.332 e. The Kier molecular flexibility index (Phi) is 6.92. The Bertz CT molecular complexity index is 1030. The van der Waals surface area contributed by atoms with Crippen LogP contribution in [0, 0.1) is 5.82 Å². The molecule has 3 rings (SSSR count). The minimum atomic E-state index is -3.55. The Morgan fingerprint density at radius 3 is 2.41 bits per heavy atom. The Hall–Kier alpha value is -1.60. The number of nitrogens with zero attached hydrogens (tertiary/aromatic N) is 2. The van der Waals surface area contributed by atoms with E-state index in [2.05, 4.69) is 0 Å². The van der Waals surface area contributed by atoms with E-state index >= 15 is 0 Å². The molecule has 0 atom stereocenters. The summed E-state index contributed by atoms with van der Waals surface area (Å²) in [7, 11) is 0.377. The van der Waals surface area contributed by atoms with Gasteiger partial charge in [-0.3, -0.25) is 0 Å². The lowest BCUT2D eigenvalue weighted by Crippen LogP contribution is -2.15. The summed E-state index contributed by atoms with van der Waals surface area (Å²) >= 11 is 5.84. The number of likely N-dealkylation sites (N-methyl/N-ethyl adjacent to an activating group) is 1. The lowest BCUT2D eigenvalue weighted by atomic mass is 10.1. The predicted octanol–water partition coefficient (Wildman–Crippen LogP) is 4.39. The Balaban J connectivity index is 0.00000261. The third-order valence-corrected chi connectivity index (χ3v) is 6.10. The zero-order valence-electron chi connectivity index (χ0n) is 15.0. The van der Waals surface area contributed by atoms with Gasteiger partial charge in [0.1, 0.15) is 11.7 Å². The molecule has 0 bridgehead atoms. The van der Waals surface area contributed by atoms with Crippen LogP contribution in [0.4, 0.5) is 4.39 Å². The number of fused-ring (bicyclic) bond motifs is 1. The van der Waals surface area contributed by atoms with E-state index in [0.29, 0.717) is 17.0 Å². The molecule has 1 aromatic heterocycles. The van der Waals surface area contributed by atoms with Crippen LogP contribution in [0.5, 0.6) is 0 Å². The van der Waals surface area contributed by atoms with E-state index < -0.39 is 9.84 Å². The second kappa shape index (κ2) is 8.61. The third-order valence-electron chi connectivity index (χ3n) is 4.24. The van der Waals surface area contributed by atoms with Gasteiger partial charge >= 0.3 is 0 Å². The molecule has 2 aromatic carbocycles. The van der Waals surface area contributed by atoms with Gasteiger partial charge in [0, 0.05) is 28.7 Å². The summed E-state index contributed by atoms with van der Waals surface area (Å²) in [6.07, 6.45) is 2.52. The van der Waals surface area contributed by atoms with Crippen LogP contribution in [0.15, 0.2) is 53.6 Å². The van der Waals surface area contributed by atoms with Crippen molar-refractivity contribution in [3.63, 3.8) is 0 Å². The summed E-state index contributed by atoms with van der Waals surface area (Å²) < 4.78 is 40.9. The van der Waals surface area contributed by atoms with Crippen molar-refractivity contribution in [2.75, 3.05) is 20.6 Å². The van der Waals surface area contributed by atoms with Gasteiger partial charge in [-0.05, 0) is 68.5 Å². The molecule has 8 heteroatoms. The monoisotopic (exact) mass is 430 g/mol. The van der Waals surface area contributed by atoms with Gasteiger partial charge in [0.05, 0.1) is 4.90 Å². The molecule has 0 fully saturated rings. The lowest BCUT2D eigenvalue weighted by Gasteiger charge is -2.08. The van der Waals surface area contributed by atoms with E-state index in [1.165, 1.54) is 24.3 Å².